The summed E-state index contributed by atoms with van der Waals surface area (Å²) in [5.74, 6) is -0.249. The Bertz CT molecular complexity index is 784. The highest BCUT2D eigenvalue weighted by atomic mass is 35.5. The summed E-state index contributed by atoms with van der Waals surface area (Å²) in [6.07, 6.45) is 0. The van der Waals surface area contributed by atoms with Gasteiger partial charge in [0.05, 0.1) is 23.1 Å². The van der Waals surface area contributed by atoms with Gasteiger partial charge in [0.2, 0.25) is 11.8 Å². The molecule has 0 saturated carbocycles. The third-order valence-electron chi connectivity index (χ3n) is 3.97. The fourth-order valence-corrected chi connectivity index (χ4v) is 2.88. The van der Waals surface area contributed by atoms with E-state index in [-0.39, 0.29) is 24.9 Å². The second kappa shape index (κ2) is 10.3. The molecule has 1 N–H and O–H groups in total. The molecule has 0 aliphatic carbocycles. The van der Waals surface area contributed by atoms with Crippen LogP contribution in [0.25, 0.3) is 0 Å². The summed E-state index contributed by atoms with van der Waals surface area (Å²) in [5, 5.41) is 3.55. The van der Waals surface area contributed by atoms with Crippen LogP contribution >= 0.6 is 23.2 Å². The summed E-state index contributed by atoms with van der Waals surface area (Å²) in [7, 11) is 1.74. The van der Waals surface area contributed by atoms with Gasteiger partial charge in [0.25, 0.3) is 0 Å². The van der Waals surface area contributed by atoms with Crippen molar-refractivity contribution in [2.75, 3.05) is 32.0 Å². The van der Waals surface area contributed by atoms with E-state index in [9.17, 15) is 9.59 Å². The van der Waals surface area contributed by atoms with Gasteiger partial charge in [-0.25, -0.2) is 0 Å². The quantitative estimate of drug-likeness (QED) is 0.721. The molecule has 2 aromatic carbocycles. The zero-order valence-electron chi connectivity index (χ0n) is 15.4. The molecule has 0 heterocycles. The first-order valence-corrected chi connectivity index (χ1v) is 9.39. The number of nitrogens with zero attached hydrogens (tertiary/aromatic N) is 2. The number of amides is 2. The standard InChI is InChI=1S/C20H23Cl2N3O2/c1-3-25(12-15-7-5-4-6-8-15)20(27)14-24(2)13-19(26)23-16-9-10-17(21)18(22)11-16/h4-11H,3,12-14H2,1-2H3,(H,23,26). The Balaban J connectivity index is 1.85. The Morgan fingerprint density at radius 3 is 2.33 bits per heavy atom. The minimum absolute atomic E-state index is 0.0220. The molecule has 2 rings (SSSR count). The predicted molar refractivity (Wildman–Crippen MR) is 110 cm³/mol. The zero-order chi connectivity index (χ0) is 19.8. The topological polar surface area (TPSA) is 52.7 Å². The Labute approximate surface area is 169 Å². The molecule has 7 heteroatoms. The zero-order valence-corrected chi connectivity index (χ0v) is 16.9. The second-order valence-electron chi connectivity index (χ2n) is 6.24. The van der Waals surface area contributed by atoms with Gasteiger partial charge < -0.3 is 10.2 Å². The van der Waals surface area contributed by atoms with Crippen LogP contribution in [-0.4, -0.2) is 48.3 Å². The van der Waals surface area contributed by atoms with Gasteiger partial charge in [0, 0.05) is 18.8 Å². The van der Waals surface area contributed by atoms with E-state index in [4.69, 9.17) is 23.2 Å². The van der Waals surface area contributed by atoms with Crippen LogP contribution in [0.4, 0.5) is 5.69 Å². The van der Waals surface area contributed by atoms with Crippen molar-refractivity contribution in [3.8, 4) is 0 Å². The van der Waals surface area contributed by atoms with Gasteiger partial charge in [0.15, 0.2) is 0 Å². The molecule has 0 unspecified atom stereocenters. The Hall–Kier alpha value is -2.08. The van der Waals surface area contributed by atoms with Crippen LogP contribution in [0.3, 0.4) is 0 Å². The van der Waals surface area contributed by atoms with E-state index < -0.39 is 0 Å². The molecule has 2 aromatic rings. The lowest BCUT2D eigenvalue weighted by atomic mass is 10.2. The van der Waals surface area contributed by atoms with Crippen molar-refractivity contribution in [3.05, 3.63) is 64.1 Å². The fraction of sp³-hybridized carbons (Fsp3) is 0.300. The number of benzene rings is 2. The summed E-state index contributed by atoms with van der Waals surface area (Å²) < 4.78 is 0. The van der Waals surface area contributed by atoms with Gasteiger partial charge >= 0.3 is 0 Å². The van der Waals surface area contributed by atoms with Crippen molar-refractivity contribution >= 4 is 40.7 Å². The molecule has 0 atom stereocenters. The number of carbonyl (C=O) groups is 2. The average Bonchev–Trinajstić information content (AvgIpc) is 2.63. The number of hydrogen-bond donors (Lipinski definition) is 1. The number of rotatable bonds is 8. The number of carbonyl (C=O) groups excluding carboxylic acids is 2. The molecule has 5 nitrogen and oxygen atoms in total. The summed E-state index contributed by atoms with van der Waals surface area (Å²) in [6, 6.07) is 14.7. The van der Waals surface area contributed by atoms with Crippen LogP contribution in [-0.2, 0) is 16.1 Å². The first-order valence-electron chi connectivity index (χ1n) is 8.64. The normalized spacial score (nSPS) is 10.7. The molecular formula is C20H23Cl2N3O2. The molecule has 27 heavy (non-hydrogen) atoms. The molecule has 0 fully saturated rings. The van der Waals surface area contributed by atoms with Crippen molar-refractivity contribution in [3.63, 3.8) is 0 Å². The fourth-order valence-electron chi connectivity index (χ4n) is 2.59. The Kier molecular flexibility index (Phi) is 8.10. The van der Waals surface area contributed by atoms with Crippen LogP contribution in [0.1, 0.15) is 12.5 Å². The molecule has 0 aliphatic rings. The molecule has 0 bridgehead atoms. The lowest BCUT2D eigenvalue weighted by Crippen LogP contribution is -2.41. The first-order chi connectivity index (χ1) is 12.9. The molecule has 0 spiro atoms. The van der Waals surface area contributed by atoms with Gasteiger partial charge in [-0.15, -0.1) is 0 Å². The maximum Gasteiger partial charge on any atom is 0.238 e. The SMILES string of the molecule is CCN(Cc1ccccc1)C(=O)CN(C)CC(=O)Nc1ccc(Cl)c(Cl)c1. The van der Waals surface area contributed by atoms with Gasteiger partial charge in [-0.3, -0.25) is 14.5 Å². The Morgan fingerprint density at radius 1 is 1.00 bits per heavy atom. The maximum atomic E-state index is 12.5. The van der Waals surface area contributed by atoms with Gasteiger partial charge in [-0.2, -0.15) is 0 Å². The molecule has 144 valence electrons. The number of hydrogen-bond acceptors (Lipinski definition) is 3. The van der Waals surface area contributed by atoms with Crippen LogP contribution in [0.15, 0.2) is 48.5 Å². The third-order valence-corrected chi connectivity index (χ3v) is 4.71. The van der Waals surface area contributed by atoms with Crippen molar-refractivity contribution in [1.82, 2.24) is 9.80 Å². The van der Waals surface area contributed by atoms with E-state index in [1.807, 2.05) is 37.3 Å². The Morgan fingerprint density at radius 2 is 1.70 bits per heavy atom. The summed E-state index contributed by atoms with van der Waals surface area (Å²) >= 11 is 11.8. The highest BCUT2D eigenvalue weighted by Crippen LogP contribution is 2.24. The van der Waals surface area contributed by atoms with Crippen molar-refractivity contribution < 1.29 is 9.59 Å². The predicted octanol–water partition coefficient (Wildman–Crippen LogP) is 3.91. The van der Waals surface area contributed by atoms with E-state index in [0.29, 0.717) is 28.8 Å². The number of anilines is 1. The van der Waals surface area contributed by atoms with E-state index in [0.717, 1.165) is 5.56 Å². The number of nitrogens with one attached hydrogen (secondary N) is 1. The monoisotopic (exact) mass is 407 g/mol. The number of halogens is 2. The van der Waals surface area contributed by atoms with Crippen LogP contribution in [0.5, 0.6) is 0 Å². The minimum Gasteiger partial charge on any atom is -0.338 e. The van der Waals surface area contributed by atoms with Crippen LogP contribution < -0.4 is 5.32 Å². The number of likely N-dealkylation sites (N-methyl/N-ethyl adjacent to an activating group) is 2. The molecule has 0 saturated heterocycles. The first kappa shape index (κ1) is 21.2. The van der Waals surface area contributed by atoms with Crippen LogP contribution in [0.2, 0.25) is 10.0 Å². The lowest BCUT2D eigenvalue weighted by molar-refractivity contribution is -0.132. The van der Waals surface area contributed by atoms with Gasteiger partial charge in [-0.1, -0.05) is 53.5 Å². The van der Waals surface area contributed by atoms with Crippen molar-refractivity contribution in [1.29, 1.82) is 0 Å². The van der Waals surface area contributed by atoms with E-state index in [1.165, 1.54) is 0 Å². The second-order valence-corrected chi connectivity index (χ2v) is 7.06. The summed E-state index contributed by atoms with van der Waals surface area (Å²) in [5.41, 5.74) is 1.64. The molecule has 0 aliphatic heterocycles. The van der Waals surface area contributed by atoms with Crippen molar-refractivity contribution in [2.45, 2.75) is 13.5 Å². The maximum absolute atomic E-state index is 12.5. The molecule has 0 radical (unpaired) electrons. The van der Waals surface area contributed by atoms with E-state index >= 15 is 0 Å². The average molecular weight is 408 g/mol. The summed E-state index contributed by atoms with van der Waals surface area (Å²) in [4.78, 5) is 28.2. The van der Waals surface area contributed by atoms with Crippen molar-refractivity contribution in [2.24, 2.45) is 0 Å². The van der Waals surface area contributed by atoms with Crippen LogP contribution in [0, 0.1) is 0 Å². The highest BCUT2D eigenvalue weighted by Gasteiger charge is 2.16. The highest BCUT2D eigenvalue weighted by molar-refractivity contribution is 6.42. The molecule has 0 aromatic heterocycles. The summed E-state index contributed by atoms with van der Waals surface area (Å²) in [6.45, 7) is 3.36. The molecule has 2 amide bonds. The van der Waals surface area contributed by atoms with Gasteiger partial charge in [-0.05, 0) is 37.7 Å². The van der Waals surface area contributed by atoms with E-state index in [1.54, 1.807) is 35.0 Å². The lowest BCUT2D eigenvalue weighted by Gasteiger charge is -2.24. The minimum atomic E-state index is -0.227. The third kappa shape index (κ3) is 6.86. The smallest absolute Gasteiger partial charge is 0.238 e. The largest absolute Gasteiger partial charge is 0.338 e. The van der Waals surface area contributed by atoms with E-state index in [2.05, 4.69) is 5.32 Å². The molecular weight excluding hydrogens is 385 g/mol. The van der Waals surface area contributed by atoms with Gasteiger partial charge in [0.1, 0.15) is 0 Å².